The lowest BCUT2D eigenvalue weighted by atomic mass is 10.1. The molecule has 2 fully saturated rings. The molecule has 8 rings (SSSR count). The number of nitrogens with zero attached hydrogens (tertiary/aromatic N) is 10. The summed E-state index contributed by atoms with van der Waals surface area (Å²) >= 11 is 18.6. The molecule has 0 atom stereocenters. The number of hydrogen-bond acceptors (Lipinski definition) is 14. The van der Waals surface area contributed by atoms with E-state index in [4.69, 9.17) is 60.7 Å². The number of aromatic nitrogens is 8. The Balaban J connectivity index is 0.000000157. The molecule has 4 aromatic heterocycles. The normalized spacial score (nSPS) is 14.9. The lowest BCUT2D eigenvalue weighted by Crippen LogP contribution is -2.37. The molecule has 4 N–H and O–H groups in total. The number of ether oxygens (including phenoxy) is 2. The highest BCUT2D eigenvalue weighted by Crippen LogP contribution is 2.34. The number of hydrogen-bond donors (Lipinski definition) is 2. The minimum Gasteiger partial charge on any atom is -0.378 e. The van der Waals surface area contributed by atoms with E-state index in [1.54, 1.807) is 18.3 Å². The Hall–Kier alpha value is -4.80. The molecule has 2 saturated heterocycles. The van der Waals surface area contributed by atoms with Gasteiger partial charge in [-0.3, -0.25) is 0 Å². The Morgan fingerprint density at radius 2 is 1.14 bits per heavy atom. The van der Waals surface area contributed by atoms with Gasteiger partial charge in [0.05, 0.1) is 65.3 Å². The molecule has 6 heterocycles. The number of anilines is 4. The van der Waals surface area contributed by atoms with Crippen molar-refractivity contribution in [1.82, 2.24) is 39.9 Å². The van der Waals surface area contributed by atoms with E-state index in [9.17, 15) is 4.39 Å². The van der Waals surface area contributed by atoms with Crippen molar-refractivity contribution in [1.29, 1.82) is 0 Å². The Morgan fingerprint density at radius 1 is 0.620 bits per heavy atom. The molecule has 2 aliphatic heterocycles. The van der Waals surface area contributed by atoms with Gasteiger partial charge in [-0.1, -0.05) is 46.9 Å². The highest BCUT2D eigenvalue weighted by atomic mass is 35.5. The van der Waals surface area contributed by atoms with Crippen molar-refractivity contribution in [3.63, 3.8) is 0 Å². The minimum absolute atomic E-state index is 0.135. The molecular formula is C32H28Cl3FN12O2. The number of morpholine rings is 2. The number of fused-ring (bicyclic) bond motifs is 2. The maximum atomic E-state index is 13.3. The van der Waals surface area contributed by atoms with Gasteiger partial charge in [-0.15, -0.1) is 0 Å². The summed E-state index contributed by atoms with van der Waals surface area (Å²) in [4.78, 5) is 39.2. The van der Waals surface area contributed by atoms with Gasteiger partial charge in [0.15, 0.2) is 34.0 Å². The second-order valence-corrected chi connectivity index (χ2v) is 12.3. The lowest BCUT2D eigenvalue weighted by Gasteiger charge is -2.28. The first-order valence-electron chi connectivity index (χ1n) is 15.4. The van der Waals surface area contributed by atoms with Crippen LogP contribution in [0.25, 0.3) is 44.8 Å². The number of rotatable bonds is 4. The van der Waals surface area contributed by atoms with Gasteiger partial charge in [-0.2, -0.15) is 19.9 Å². The molecule has 0 amide bonds. The summed E-state index contributed by atoms with van der Waals surface area (Å²) in [5.41, 5.74) is 16.0. The predicted molar refractivity (Wildman–Crippen MR) is 191 cm³/mol. The maximum Gasteiger partial charge on any atom is 0.224 e. The molecule has 0 radical (unpaired) electrons. The molecule has 14 nitrogen and oxygen atoms in total. The molecule has 0 aliphatic carbocycles. The van der Waals surface area contributed by atoms with E-state index in [-0.39, 0.29) is 16.9 Å². The Bertz CT molecular complexity index is 2200. The summed E-state index contributed by atoms with van der Waals surface area (Å²) in [6.45, 7) is 5.20. The van der Waals surface area contributed by atoms with E-state index in [1.807, 2.05) is 17.0 Å². The van der Waals surface area contributed by atoms with E-state index < -0.39 is 5.82 Å². The predicted octanol–water partition coefficient (Wildman–Crippen LogP) is 5.11. The van der Waals surface area contributed by atoms with Gasteiger partial charge in [0.1, 0.15) is 5.82 Å². The van der Waals surface area contributed by atoms with E-state index >= 15 is 0 Å². The summed E-state index contributed by atoms with van der Waals surface area (Å²) in [6.07, 6.45) is 3.15. The minimum atomic E-state index is -0.410. The first-order valence-corrected chi connectivity index (χ1v) is 16.5. The summed E-state index contributed by atoms with van der Waals surface area (Å²) < 4.78 is 24.1. The molecule has 2 aromatic carbocycles. The summed E-state index contributed by atoms with van der Waals surface area (Å²) in [7, 11) is 0. The van der Waals surface area contributed by atoms with Crippen LogP contribution in [-0.2, 0) is 9.47 Å². The van der Waals surface area contributed by atoms with Crippen LogP contribution in [0.2, 0.25) is 15.1 Å². The van der Waals surface area contributed by atoms with Crippen LogP contribution in [0.3, 0.4) is 0 Å². The molecular weight excluding hydrogens is 710 g/mol. The third-order valence-electron chi connectivity index (χ3n) is 7.87. The zero-order chi connectivity index (χ0) is 34.8. The molecule has 50 heavy (non-hydrogen) atoms. The van der Waals surface area contributed by atoms with Crippen molar-refractivity contribution in [2.24, 2.45) is 0 Å². The number of nitrogen functional groups attached to an aromatic ring is 2. The fourth-order valence-corrected chi connectivity index (χ4v) is 6.13. The first-order chi connectivity index (χ1) is 24.2. The molecule has 0 bridgehead atoms. The fraction of sp³-hybridized carbons (Fsp3) is 0.250. The molecule has 0 saturated carbocycles. The highest BCUT2D eigenvalue weighted by molar-refractivity contribution is 6.43. The largest absolute Gasteiger partial charge is 0.378 e. The molecule has 18 heteroatoms. The number of nitrogens with two attached hydrogens (primary N) is 2. The van der Waals surface area contributed by atoms with Crippen LogP contribution in [0, 0.1) is 5.82 Å². The molecule has 256 valence electrons. The topological polar surface area (TPSA) is 180 Å². The molecule has 0 unspecified atom stereocenters. The van der Waals surface area contributed by atoms with E-state index in [0.717, 1.165) is 0 Å². The average molecular weight is 738 g/mol. The van der Waals surface area contributed by atoms with E-state index in [2.05, 4.69) is 39.8 Å². The molecule has 2 aliphatic rings. The third-order valence-corrected chi connectivity index (χ3v) is 9.00. The SMILES string of the molecule is Nc1nc(N2CCOCC2)c2nc(-c3ccc(F)cc3Cl)cnc2n1.Nc1nc(N2CCOCC2)c2nc(-c3cccc(Cl)c3Cl)cnc2n1. The quantitative estimate of drug-likeness (QED) is 0.244. The third kappa shape index (κ3) is 7.09. The van der Waals surface area contributed by atoms with Gasteiger partial charge < -0.3 is 30.7 Å². The van der Waals surface area contributed by atoms with Crippen LogP contribution in [0.15, 0.2) is 48.8 Å². The van der Waals surface area contributed by atoms with Crippen molar-refractivity contribution < 1.29 is 13.9 Å². The maximum absolute atomic E-state index is 13.3. The van der Waals surface area contributed by atoms with Crippen molar-refractivity contribution in [2.45, 2.75) is 0 Å². The summed E-state index contributed by atoms with van der Waals surface area (Å²) in [6, 6.07) is 9.53. The number of halogens is 4. The van der Waals surface area contributed by atoms with E-state index in [0.29, 0.717) is 119 Å². The Labute approximate surface area is 299 Å². The standard InChI is InChI=1S/C16H14Cl2N6O.C16H14ClFN6O/c17-10-3-1-2-9(12(10)18)11-8-20-14-13(21-11)15(23-16(19)22-14)24-4-6-25-7-5-24;17-11-7-9(18)1-2-10(11)12-8-20-14-13(21-12)15(23-16(19)22-14)24-3-5-25-6-4-24/h1-3,8H,4-7H2,(H2,19,20,22,23);1-2,7-8H,3-6H2,(H2,19,20,22,23). The van der Waals surface area contributed by atoms with Gasteiger partial charge >= 0.3 is 0 Å². The van der Waals surface area contributed by atoms with Gasteiger partial charge in [0, 0.05) is 37.3 Å². The number of benzene rings is 2. The van der Waals surface area contributed by atoms with Gasteiger partial charge in [0.25, 0.3) is 0 Å². The van der Waals surface area contributed by atoms with Gasteiger partial charge in [-0.25, -0.2) is 24.3 Å². The molecule has 0 spiro atoms. The van der Waals surface area contributed by atoms with Crippen LogP contribution in [-0.4, -0.2) is 92.5 Å². The Kier molecular flexibility index (Phi) is 9.83. The lowest BCUT2D eigenvalue weighted by molar-refractivity contribution is 0.122. The zero-order valence-electron chi connectivity index (χ0n) is 26.2. The van der Waals surface area contributed by atoms with Crippen LogP contribution >= 0.6 is 34.8 Å². The Morgan fingerprint density at radius 3 is 1.66 bits per heavy atom. The average Bonchev–Trinajstić information content (AvgIpc) is 3.13. The van der Waals surface area contributed by atoms with Crippen molar-refractivity contribution >= 4 is 80.7 Å². The van der Waals surface area contributed by atoms with Crippen LogP contribution in [0.5, 0.6) is 0 Å². The zero-order valence-corrected chi connectivity index (χ0v) is 28.5. The van der Waals surface area contributed by atoms with Crippen molar-refractivity contribution in [3.8, 4) is 22.5 Å². The monoisotopic (exact) mass is 736 g/mol. The van der Waals surface area contributed by atoms with Crippen LogP contribution in [0.1, 0.15) is 0 Å². The highest BCUT2D eigenvalue weighted by Gasteiger charge is 2.21. The van der Waals surface area contributed by atoms with Gasteiger partial charge in [0.2, 0.25) is 11.9 Å². The first kappa shape index (κ1) is 33.7. The second-order valence-electron chi connectivity index (χ2n) is 11.1. The van der Waals surface area contributed by atoms with Crippen LogP contribution < -0.4 is 21.3 Å². The fourth-order valence-electron chi connectivity index (χ4n) is 5.47. The van der Waals surface area contributed by atoms with Crippen molar-refractivity contribution in [2.75, 3.05) is 73.9 Å². The van der Waals surface area contributed by atoms with Crippen LogP contribution in [0.4, 0.5) is 27.9 Å². The smallest absolute Gasteiger partial charge is 0.224 e. The van der Waals surface area contributed by atoms with Gasteiger partial charge in [-0.05, 0) is 24.3 Å². The second kappa shape index (κ2) is 14.6. The summed E-state index contributed by atoms with van der Waals surface area (Å²) in [5, 5.41) is 1.16. The summed E-state index contributed by atoms with van der Waals surface area (Å²) in [5.74, 6) is 1.15. The van der Waals surface area contributed by atoms with E-state index in [1.165, 1.54) is 18.3 Å². The van der Waals surface area contributed by atoms with Crippen molar-refractivity contribution in [3.05, 3.63) is 69.7 Å². The molecule has 6 aromatic rings.